The van der Waals surface area contributed by atoms with E-state index in [0.29, 0.717) is 12.5 Å². The lowest BCUT2D eigenvalue weighted by molar-refractivity contribution is -0.152. The van der Waals surface area contributed by atoms with Crippen LogP contribution in [0.5, 0.6) is 0 Å². The molecule has 1 fully saturated rings. The number of likely N-dealkylation sites (tertiary alicyclic amines) is 1. The maximum atomic E-state index is 11.1. The summed E-state index contributed by atoms with van der Waals surface area (Å²) in [7, 11) is -0.381. The van der Waals surface area contributed by atoms with Crippen molar-refractivity contribution in [2.45, 2.75) is 45.0 Å². The highest BCUT2D eigenvalue weighted by Crippen LogP contribution is 2.37. The molecular weight excluding hydrogens is 274 g/mol. The van der Waals surface area contributed by atoms with E-state index in [0.717, 1.165) is 19.7 Å². The third-order valence-electron chi connectivity index (χ3n) is 4.42. The summed E-state index contributed by atoms with van der Waals surface area (Å²) in [6.07, 6.45) is -1.04. The van der Waals surface area contributed by atoms with Crippen molar-refractivity contribution in [3.05, 3.63) is 0 Å². The van der Waals surface area contributed by atoms with E-state index in [2.05, 4.69) is 43.5 Å². The molecule has 1 atom stereocenters. The molecule has 0 amide bonds. The molecule has 1 N–H and O–H groups in total. The van der Waals surface area contributed by atoms with Gasteiger partial charge in [0.2, 0.25) is 0 Å². The third kappa shape index (κ3) is 4.55. The molecular formula is C14H29NO4Si. The SMILES string of the molecule is COC(=O)[C@@H](O)CN1CC(CO[Si](C)(C)C(C)(C)C)C1. The van der Waals surface area contributed by atoms with Gasteiger partial charge in [-0.3, -0.25) is 4.90 Å². The number of hydrogen-bond donors (Lipinski definition) is 1. The van der Waals surface area contributed by atoms with Crippen molar-refractivity contribution in [1.29, 1.82) is 0 Å². The molecule has 1 aliphatic rings. The lowest BCUT2D eigenvalue weighted by atomic mass is 10.0. The fourth-order valence-electron chi connectivity index (χ4n) is 1.93. The maximum absolute atomic E-state index is 11.1. The summed E-state index contributed by atoms with van der Waals surface area (Å²) in [6.45, 7) is 14.1. The van der Waals surface area contributed by atoms with Gasteiger partial charge in [0, 0.05) is 32.2 Å². The van der Waals surface area contributed by atoms with Gasteiger partial charge in [-0.05, 0) is 18.1 Å². The Labute approximate surface area is 123 Å². The van der Waals surface area contributed by atoms with Crippen molar-refractivity contribution in [2.75, 3.05) is 33.4 Å². The lowest BCUT2D eigenvalue weighted by Crippen LogP contribution is -2.54. The minimum absolute atomic E-state index is 0.234. The molecule has 5 nitrogen and oxygen atoms in total. The number of esters is 1. The van der Waals surface area contributed by atoms with E-state index in [4.69, 9.17) is 4.43 Å². The first-order chi connectivity index (χ1) is 9.06. The zero-order valence-corrected chi connectivity index (χ0v) is 14.6. The second-order valence-corrected chi connectivity index (χ2v) is 12.0. The van der Waals surface area contributed by atoms with Crippen molar-refractivity contribution in [1.82, 2.24) is 4.90 Å². The average molecular weight is 303 g/mol. The molecule has 20 heavy (non-hydrogen) atoms. The van der Waals surface area contributed by atoms with Crippen LogP contribution in [0, 0.1) is 5.92 Å². The third-order valence-corrected chi connectivity index (χ3v) is 8.92. The van der Waals surface area contributed by atoms with Gasteiger partial charge >= 0.3 is 5.97 Å². The number of rotatable bonds is 6. The Balaban J connectivity index is 2.25. The summed E-state index contributed by atoms with van der Waals surface area (Å²) in [5.41, 5.74) is 0. The number of carbonyl (C=O) groups is 1. The van der Waals surface area contributed by atoms with Gasteiger partial charge in [0.25, 0.3) is 0 Å². The first-order valence-corrected chi connectivity index (χ1v) is 10.1. The largest absolute Gasteiger partial charge is 0.467 e. The Kier molecular flexibility index (Phi) is 5.77. The molecule has 1 saturated heterocycles. The topological polar surface area (TPSA) is 59.0 Å². The van der Waals surface area contributed by atoms with Gasteiger partial charge in [-0.25, -0.2) is 4.79 Å². The normalized spacial score (nSPS) is 19.6. The molecule has 1 aliphatic heterocycles. The monoisotopic (exact) mass is 303 g/mol. The zero-order valence-electron chi connectivity index (χ0n) is 13.6. The van der Waals surface area contributed by atoms with E-state index < -0.39 is 20.4 Å². The van der Waals surface area contributed by atoms with Crippen LogP contribution in [0.15, 0.2) is 0 Å². The molecule has 118 valence electrons. The average Bonchev–Trinajstić information content (AvgIpc) is 2.28. The highest BCUT2D eigenvalue weighted by Gasteiger charge is 2.39. The molecule has 0 aromatic carbocycles. The zero-order chi connectivity index (χ0) is 15.6. The maximum Gasteiger partial charge on any atom is 0.336 e. The van der Waals surface area contributed by atoms with Crippen molar-refractivity contribution in [3.8, 4) is 0 Å². The van der Waals surface area contributed by atoms with Crippen molar-refractivity contribution in [2.24, 2.45) is 5.92 Å². The summed E-state index contributed by atoms with van der Waals surface area (Å²) in [5.74, 6) is -0.0556. The Morgan fingerprint density at radius 2 is 1.95 bits per heavy atom. The van der Waals surface area contributed by atoms with E-state index in [1.54, 1.807) is 0 Å². The first-order valence-electron chi connectivity index (χ1n) is 7.19. The Hall–Kier alpha value is -0.433. The number of methoxy groups -OCH3 is 1. The molecule has 1 rings (SSSR count). The predicted octanol–water partition coefficient (Wildman–Crippen LogP) is 1.47. The summed E-state index contributed by atoms with van der Waals surface area (Å²) < 4.78 is 10.7. The van der Waals surface area contributed by atoms with Crippen molar-refractivity contribution >= 4 is 14.3 Å². The smallest absolute Gasteiger partial charge is 0.336 e. The highest BCUT2D eigenvalue weighted by atomic mass is 28.4. The molecule has 0 unspecified atom stereocenters. The van der Waals surface area contributed by atoms with Crippen LogP contribution in [0.2, 0.25) is 18.1 Å². The van der Waals surface area contributed by atoms with Crippen LogP contribution in [-0.2, 0) is 14.0 Å². The fraction of sp³-hybridized carbons (Fsp3) is 0.929. The van der Waals surface area contributed by atoms with Gasteiger partial charge in [-0.1, -0.05) is 20.8 Å². The molecule has 0 aromatic rings. The second-order valence-electron chi connectivity index (χ2n) is 7.19. The quantitative estimate of drug-likeness (QED) is 0.595. The summed E-state index contributed by atoms with van der Waals surface area (Å²) in [6, 6.07) is 0. The molecule has 0 saturated carbocycles. The Morgan fingerprint density at radius 3 is 2.40 bits per heavy atom. The van der Waals surface area contributed by atoms with E-state index >= 15 is 0 Å². The molecule has 0 bridgehead atoms. The van der Waals surface area contributed by atoms with Gasteiger partial charge in [0.15, 0.2) is 14.4 Å². The minimum Gasteiger partial charge on any atom is -0.467 e. The standard InChI is InChI=1S/C14H29NO4Si/c1-14(2,3)20(5,6)19-10-11-7-15(8-11)9-12(16)13(17)18-4/h11-12,16H,7-10H2,1-6H3/t12-/m0/s1. The number of β-amino-alcohol motifs (C(OH)–C–C–N with tert-alkyl or cyclic N) is 1. The molecule has 0 aromatic heterocycles. The van der Waals surface area contributed by atoms with Crippen LogP contribution in [0.3, 0.4) is 0 Å². The second kappa shape index (κ2) is 6.55. The van der Waals surface area contributed by atoms with Crippen LogP contribution in [0.25, 0.3) is 0 Å². The molecule has 0 radical (unpaired) electrons. The van der Waals surface area contributed by atoms with E-state index in [-0.39, 0.29) is 5.04 Å². The number of carbonyl (C=O) groups excluding carboxylic acids is 1. The lowest BCUT2D eigenvalue weighted by Gasteiger charge is -2.43. The summed E-state index contributed by atoms with van der Waals surface area (Å²) in [5, 5.41) is 9.80. The number of aliphatic hydroxyl groups excluding tert-OH is 1. The fourth-order valence-corrected chi connectivity index (χ4v) is 3.01. The van der Waals surface area contributed by atoms with Gasteiger partial charge < -0.3 is 14.3 Å². The molecule has 1 heterocycles. The molecule has 0 aliphatic carbocycles. The van der Waals surface area contributed by atoms with Gasteiger partial charge in [0.05, 0.1) is 7.11 Å². The Morgan fingerprint density at radius 1 is 1.40 bits per heavy atom. The van der Waals surface area contributed by atoms with Crippen molar-refractivity contribution in [3.63, 3.8) is 0 Å². The van der Waals surface area contributed by atoms with Crippen LogP contribution >= 0.6 is 0 Å². The van der Waals surface area contributed by atoms with Crippen LogP contribution in [-0.4, -0.2) is 63.7 Å². The van der Waals surface area contributed by atoms with E-state index in [1.807, 2.05) is 0 Å². The first kappa shape index (κ1) is 17.6. The summed E-state index contributed by atoms with van der Waals surface area (Å²) >= 11 is 0. The molecule has 6 heteroatoms. The van der Waals surface area contributed by atoms with Gasteiger partial charge in [-0.2, -0.15) is 0 Å². The van der Waals surface area contributed by atoms with Crippen LogP contribution in [0.1, 0.15) is 20.8 Å². The van der Waals surface area contributed by atoms with E-state index in [9.17, 15) is 9.90 Å². The number of nitrogens with zero attached hydrogens (tertiary/aromatic N) is 1. The number of aliphatic hydroxyl groups is 1. The van der Waals surface area contributed by atoms with Crippen molar-refractivity contribution < 1.29 is 19.1 Å². The van der Waals surface area contributed by atoms with Gasteiger partial charge in [-0.15, -0.1) is 0 Å². The molecule has 0 spiro atoms. The van der Waals surface area contributed by atoms with Crippen LogP contribution in [0.4, 0.5) is 0 Å². The van der Waals surface area contributed by atoms with Crippen LogP contribution < -0.4 is 0 Å². The minimum atomic E-state index is -1.67. The highest BCUT2D eigenvalue weighted by molar-refractivity contribution is 6.74. The number of ether oxygens (including phenoxy) is 1. The number of hydrogen-bond acceptors (Lipinski definition) is 5. The summed E-state index contributed by atoms with van der Waals surface area (Å²) in [4.78, 5) is 13.2. The predicted molar refractivity (Wildman–Crippen MR) is 81.1 cm³/mol. The van der Waals surface area contributed by atoms with E-state index in [1.165, 1.54) is 7.11 Å². The van der Waals surface area contributed by atoms with Gasteiger partial charge in [0.1, 0.15) is 0 Å². The Bertz CT molecular complexity index is 335.